The normalized spacial score (nSPS) is 11.7. The number of benzene rings is 1. The molecule has 0 N–H and O–H groups in total. The first-order chi connectivity index (χ1) is 9.12. The van der Waals surface area contributed by atoms with Crippen LogP contribution in [-0.2, 0) is 4.74 Å². The van der Waals surface area contributed by atoms with Gasteiger partial charge >= 0.3 is 5.97 Å². The average molecular weight is 302 g/mol. The third-order valence-electron chi connectivity index (χ3n) is 3.04. The minimum absolute atomic E-state index is 0. The second-order valence-electron chi connectivity index (χ2n) is 4.40. The van der Waals surface area contributed by atoms with Crippen molar-refractivity contribution in [2.75, 3.05) is 26.7 Å². The first kappa shape index (κ1) is 18.7. The second-order valence-corrected chi connectivity index (χ2v) is 4.40. The number of hydrogen-bond acceptors (Lipinski definition) is 4. The van der Waals surface area contributed by atoms with Crippen molar-refractivity contribution in [1.29, 1.82) is 0 Å². The molecule has 20 heavy (non-hydrogen) atoms. The molecule has 0 saturated heterocycles. The lowest BCUT2D eigenvalue weighted by Crippen LogP contribution is -2.33. The van der Waals surface area contributed by atoms with Crippen molar-refractivity contribution in [2.24, 2.45) is 0 Å². The zero-order valence-corrected chi connectivity index (χ0v) is 13.4. The van der Waals surface area contributed by atoms with Gasteiger partial charge < -0.3 is 14.4 Å². The number of carbonyl (C=O) groups is 1. The average Bonchev–Trinajstić information content (AvgIpc) is 2.44. The molecule has 0 aliphatic carbocycles. The van der Waals surface area contributed by atoms with Gasteiger partial charge in [-0.1, -0.05) is 26.0 Å². The Hall–Kier alpha value is -1.26. The minimum Gasteiger partial charge on any atom is -0.496 e. The second kappa shape index (κ2) is 9.61. The van der Waals surface area contributed by atoms with Gasteiger partial charge in [0.1, 0.15) is 17.4 Å². The lowest BCUT2D eigenvalue weighted by Gasteiger charge is -2.22. The van der Waals surface area contributed by atoms with Crippen molar-refractivity contribution < 1.29 is 14.3 Å². The van der Waals surface area contributed by atoms with Crippen molar-refractivity contribution in [3.8, 4) is 5.75 Å². The maximum atomic E-state index is 12.1. The zero-order valence-electron chi connectivity index (χ0n) is 12.6. The van der Waals surface area contributed by atoms with Gasteiger partial charge in [-0.3, -0.25) is 0 Å². The van der Waals surface area contributed by atoms with Crippen LogP contribution < -0.4 is 4.74 Å². The zero-order chi connectivity index (χ0) is 14.3. The smallest absolute Gasteiger partial charge is 0.342 e. The molecular formula is C15H24ClNO3. The van der Waals surface area contributed by atoms with E-state index in [1.165, 1.54) is 0 Å². The fraction of sp³-hybridized carbons (Fsp3) is 0.533. The standard InChI is InChI=1S/C15H23NO3.ClH/c1-5-16(6-2)11-12(3)19-15(17)13-9-7-8-10-14(13)18-4;/h7-10,12H,5-6,11H2,1-4H3;1H. The summed E-state index contributed by atoms with van der Waals surface area (Å²) in [7, 11) is 1.55. The van der Waals surface area contributed by atoms with Crippen LogP contribution in [0.25, 0.3) is 0 Å². The third kappa shape index (κ3) is 5.39. The molecule has 4 nitrogen and oxygen atoms in total. The van der Waals surface area contributed by atoms with Gasteiger partial charge in [-0.05, 0) is 32.1 Å². The van der Waals surface area contributed by atoms with Crippen LogP contribution in [0.3, 0.4) is 0 Å². The van der Waals surface area contributed by atoms with Crippen LogP contribution in [0.5, 0.6) is 5.75 Å². The van der Waals surface area contributed by atoms with Crippen LogP contribution in [-0.4, -0.2) is 43.7 Å². The van der Waals surface area contributed by atoms with Crippen LogP contribution in [0.15, 0.2) is 24.3 Å². The predicted molar refractivity (Wildman–Crippen MR) is 82.9 cm³/mol. The molecule has 0 heterocycles. The van der Waals surface area contributed by atoms with Gasteiger partial charge in [0.25, 0.3) is 0 Å². The Morgan fingerprint density at radius 1 is 1.25 bits per heavy atom. The number of rotatable bonds is 7. The Morgan fingerprint density at radius 3 is 2.40 bits per heavy atom. The summed E-state index contributed by atoms with van der Waals surface area (Å²) in [4.78, 5) is 14.3. The molecular weight excluding hydrogens is 278 g/mol. The molecule has 1 rings (SSSR count). The fourth-order valence-corrected chi connectivity index (χ4v) is 1.94. The molecule has 0 spiro atoms. The molecule has 1 aromatic rings. The van der Waals surface area contributed by atoms with E-state index in [4.69, 9.17) is 9.47 Å². The van der Waals surface area contributed by atoms with Gasteiger partial charge in [0.2, 0.25) is 0 Å². The van der Waals surface area contributed by atoms with Gasteiger partial charge in [-0.25, -0.2) is 4.79 Å². The molecule has 0 bridgehead atoms. The lowest BCUT2D eigenvalue weighted by atomic mass is 10.2. The summed E-state index contributed by atoms with van der Waals surface area (Å²) in [6.07, 6.45) is -0.141. The Morgan fingerprint density at radius 2 is 1.85 bits per heavy atom. The first-order valence-electron chi connectivity index (χ1n) is 6.68. The highest BCUT2D eigenvalue weighted by molar-refractivity contribution is 5.92. The van der Waals surface area contributed by atoms with E-state index < -0.39 is 0 Å². The Kier molecular flexibility index (Phi) is 9.01. The molecule has 5 heteroatoms. The van der Waals surface area contributed by atoms with Crippen LogP contribution in [0.2, 0.25) is 0 Å². The van der Waals surface area contributed by atoms with Crippen molar-refractivity contribution in [1.82, 2.24) is 4.90 Å². The first-order valence-corrected chi connectivity index (χ1v) is 6.68. The monoisotopic (exact) mass is 301 g/mol. The van der Waals surface area contributed by atoms with Crippen LogP contribution in [0.1, 0.15) is 31.1 Å². The molecule has 0 fully saturated rings. The van der Waals surface area contributed by atoms with Crippen molar-refractivity contribution in [2.45, 2.75) is 26.9 Å². The quantitative estimate of drug-likeness (QED) is 0.726. The molecule has 0 amide bonds. The van der Waals surface area contributed by atoms with Crippen molar-refractivity contribution in [3.63, 3.8) is 0 Å². The van der Waals surface area contributed by atoms with E-state index in [1.54, 1.807) is 25.3 Å². The van der Waals surface area contributed by atoms with E-state index in [1.807, 2.05) is 13.0 Å². The van der Waals surface area contributed by atoms with E-state index >= 15 is 0 Å². The summed E-state index contributed by atoms with van der Waals surface area (Å²) in [5, 5.41) is 0. The van der Waals surface area contributed by atoms with E-state index in [9.17, 15) is 4.79 Å². The molecule has 1 unspecified atom stereocenters. The molecule has 0 saturated carbocycles. The van der Waals surface area contributed by atoms with E-state index in [0.29, 0.717) is 11.3 Å². The van der Waals surface area contributed by atoms with E-state index in [2.05, 4.69) is 18.7 Å². The van der Waals surface area contributed by atoms with Crippen LogP contribution in [0, 0.1) is 0 Å². The van der Waals surface area contributed by atoms with Gasteiger partial charge in [0.15, 0.2) is 0 Å². The van der Waals surface area contributed by atoms with Crippen molar-refractivity contribution in [3.05, 3.63) is 29.8 Å². The maximum Gasteiger partial charge on any atom is 0.342 e. The highest BCUT2D eigenvalue weighted by Crippen LogP contribution is 2.18. The summed E-state index contributed by atoms with van der Waals surface area (Å²) in [5.74, 6) is 0.208. The molecule has 0 radical (unpaired) electrons. The Balaban J connectivity index is 0.00000361. The predicted octanol–water partition coefficient (Wildman–Crippen LogP) is 3.00. The van der Waals surface area contributed by atoms with Crippen molar-refractivity contribution >= 4 is 18.4 Å². The molecule has 0 aliphatic heterocycles. The largest absolute Gasteiger partial charge is 0.496 e. The molecule has 1 aromatic carbocycles. The molecule has 1 atom stereocenters. The Labute approximate surface area is 127 Å². The van der Waals surface area contributed by atoms with E-state index in [-0.39, 0.29) is 24.5 Å². The van der Waals surface area contributed by atoms with Gasteiger partial charge in [0, 0.05) is 6.54 Å². The summed E-state index contributed by atoms with van der Waals surface area (Å²) in [5.41, 5.74) is 0.469. The molecule has 0 aromatic heterocycles. The summed E-state index contributed by atoms with van der Waals surface area (Å²) in [6, 6.07) is 7.10. The number of hydrogen-bond donors (Lipinski definition) is 0. The minimum atomic E-state index is -0.336. The molecule has 114 valence electrons. The highest BCUT2D eigenvalue weighted by Gasteiger charge is 2.17. The highest BCUT2D eigenvalue weighted by atomic mass is 35.5. The molecule has 0 aliphatic rings. The number of para-hydroxylation sites is 1. The van der Waals surface area contributed by atoms with Gasteiger partial charge in [0.05, 0.1) is 7.11 Å². The number of halogens is 1. The summed E-state index contributed by atoms with van der Waals surface area (Å²) >= 11 is 0. The number of carbonyl (C=O) groups excluding carboxylic acids is 1. The van der Waals surface area contributed by atoms with Crippen LogP contribution >= 0.6 is 12.4 Å². The fourth-order valence-electron chi connectivity index (χ4n) is 1.94. The van der Waals surface area contributed by atoms with Gasteiger partial charge in [-0.2, -0.15) is 0 Å². The topological polar surface area (TPSA) is 38.8 Å². The SMILES string of the molecule is CCN(CC)CC(C)OC(=O)c1ccccc1OC.Cl. The maximum absolute atomic E-state index is 12.1. The number of methoxy groups -OCH3 is 1. The summed E-state index contributed by atoms with van der Waals surface area (Å²) < 4.78 is 10.6. The summed E-state index contributed by atoms with van der Waals surface area (Å²) in [6.45, 7) is 8.75. The van der Waals surface area contributed by atoms with Gasteiger partial charge in [-0.15, -0.1) is 12.4 Å². The number of ether oxygens (including phenoxy) is 2. The third-order valence-corrected chi connectivity index (χ3v) is 3.04. The number of likely N-dealkylation sites (N-methyl/N-ethyl adjacent to an activating group) is 1. The Bertz CT molecular complexity index is 408. The number of nitrogens with zero attached hydrogens (tertiary/aromatic N) is 1. The van der Waals surface area contributed by atoms with Crippen LogP contribution in [0.4, 0.5) is 0 Å². The lowest BCUT2D eigenvalue weighted by molar-refractivity contribution is 0.0257. The van der Waals surface area contributed by atoms with E-state index in [0.717, 1.165) is 19.6 Å². The number of esters is 1.